The third-order valence-electron chi connectivity index (χ3n) is 8.45. The Kier molecular flexibility index (Phi) is 35.4. The van der Waals surface area contributed by atoms with E-state index in [1.165, 1.54) is 109 Å². The van der Waals surface area contributed by atoms with Crippen molar-refractivity contribution in [3.8, 4) is 0 Å². The van der Waals surface area contributed by atoms with Crippen molar-refractivity contribution in [1.82, 2.24) is 0 Å². The molecule has 9 nitrogen and oxygen atoms in total. The zero-order valence-corrected chi connectivity index (χ0v) is 31.9. The second-order valence-electron chi connectivity index (χ2n) is 13.3. The number of rotatable bonds is 38. The Morgan fingerprint density at radius 1 is 0.625 bits per heavy atom. The lowest BCUT2D eigenvalue weighted by Crippen LogP contribution is -2.29. The van der Waals surface area contributed by atoms with Crippen LogP contribution in [0.5, 0.6) is 0 Å². The highest BCUT2D eigenvalue weighted by molar-refractivity contribution is 7.47. The number of ether oxygens (including phenoxy) is 2. The van der Waals surface area contributed by atoms with Gasteiger partial charge in [0, 0.05) is 13.0 Å². The maximum atomic E-state index is 12.5. The first-order valence-electron chi connectivity index (χ1n) is 19.7. The van der Waals surface area contributed by atoms with Crippen molar-refractivity contribution < 1.29 is 43.0 Å². The molecule has 3 atom stereocenters. The average Bonchev–Trinajstić information content (AvgIpc) is 3.07. The topological polar surface area (TPSA) is 132 Å². The summed E-state index contributed by atoms with van der Waals surface area (Å²) in [5, 5.41) is 18.3. The molecule has 0 aliphatic rings. The number of carbonyl (C=O) groups excluding carboxylic acids is 1. The van der Waals surface area contributed by atoms with Crippen LogP contribution in [0.3, 0.4) is 0 Å². The van der Waals surface area contributed by atoms with Gasteiger partial charge >= 0.3 is 13.8 Å². The number of phosphoric ester groups is 1. The Labute approximate surface area is 294 Å². The predicted octanol–water partition coefficient (Wildman–Crippen LogP) is 10.1. The molecule has 0 fully saturated rings. The molecule has 0 radical (unpaired) electrons. The van der Waals surface area contributed by atoms with Gasteiger partial charge in [0.1, 0.15) is 12.2 Å². The fourth-order valence-corrected chi connectivity index (χ4v) is 6.20. The van der Waals surface area contributed by atoms with Crippen LogP contribution >= 0.6 is 7.82 Å². The van der Waals surface area contributed by atoms with Crippen LogP contribution in [-0.4, -0.2) is 66.3 Å². The van der Waals surface area contributed by atoms with E-state index in [1.54, 1.807) is 0 Å². The summed E-state index contributed by atoms with van der Waals surface area (Å²) in [6.45, 7) is 3.50. The first-order chi connectivity index (χ1) is 23.3. The highest BCUT2D eigenvalue weighted by Gasteiger charge is 2.26. The molecule has 0 aromatic heterocycles. The van der Waals surface area contributed by atoms with Gasteiger partial charge in [0.15, 0.2) is 0 Å². The molecule has 48 heavy (non-hydrogen) atoms. The molecule has 0 aliphatic heterocycles. The van der Waals surface area contributed by atoms with Crippen molar-refractivity contribution in [1.29, 1.82) is 0 Å². The minimum Gasteiger partial charge on any atom is -0.457 e. The summed E-state index contributed by atoms with van der Waals surface area (Å²) in [6.07, 6.45) is 33.1. The molecule has 0 aliphatic carbocycles. The van der Waals surface area contributed by atoms with E-state index in [1.807, 2.05) is 0 Å². The molecule has 3 N–H and O–H groups in total. The standard InChI is InChI=1S/C38H75O9P/c1-3-5-7-9-11-13-15-17-18-19-21-23-25-27-29-31-44-34-37(35-46-48(42,43)45-33-36(40)32-39)47-38(41)30-28-26-24-22-20-16-14-12-10-8-6-4-2/h12,14,36-37,39-40H,3-11,13,15-35H2,1-2H3,(H,42,43)/b14-12-. The molecule has 286 valence electrons. The molecule has 10 heteroatoms. The minimum absolute atomic E-state index is 0.0512. The number of carbonyl (C=O) groups is 1. The Morgan fingerprint density at radius 3 is 1.60 bits per heavy atom. The summed E-state index contributed by atoms with van der Waals surface area (Å²) in [5.41, 5.74) is 0. The lowest BCUT2D eigenvalue weighted by molar-refractivity contribution is -0.154. The summed E-state index contributed by atoms with van der Waals surface area (Å²) >= 11 is 0. The van der Waals surface area contributed by atoms with E-state index >= 15 is 0 Å². The molecule has 0 aromatic carbocycles. The molecule has 0 heterocycles. The van der Waals surface area contributed by atoms with Gasteiger partial charge in [-0.15, -0.1) is 0 Å². The largest absolute Gasteiger partial charge is 0.472 e. The number of aliphatic hydroxyl groups excluding tert-OH is 2. The number of allylic oxidation sites excluding steroid dienone is 2. The lowest BCUT2D eigenvalue weighted by atomic mass is 10.0. The van der Waals surface area contributed by atoms with E-state index in [4.69, 9.17) is 23.6 Å². The van der Waals surface area contributed by atoms with Crippen molar-refractivity contribution in [2.24, 2.45) is 0 Å². The summed E-state index contributed by atoms with van der Waals surface area (Å²) in [4.78, 5) is 22.5. The van der Waals surface area contributed by atoms with Crippen LogP contribution in [0, 0.1) is 0 Å². The Hall–Kier alpha value is -0.800. The Balaban J connectivity index is 4.19. The van der Waals surface area contributed by atoms with Crippen LogP contribution in [0.15, 0.2) is 12.2 Å². The number of hydrogen-bond donors (Lipinski definition) is 3. The summed E-state index contributed by atoms with van der Waals surface area (Å²) in [6, 6.07) is 0. The summed E-state index contributed by atoms with van der Waals surface area (Å²) in [7, 11) is -4.51. The highest BCUT2D eigenvalue weighted by Crippen LogP contribution is 2.43. The predicted molar refractivity (Wildman–Crippen MR) is 196 cm³/mol. The Bertz CT molecular complexity index is 764. The number of hydrogen-bond acceptors (Lipinski definition) is 8. The maximum Gasteiger partial charge on any atom is 0.472 e. The van der Waals surface area contributed by atoms with E-state index in [9.17, 15) is 19.4 Å². The molecule has 0 saturated carbocycles. The van der Waals surface area contributed by atoms with Crippen molar-refractivity contribution in [2.75, 3.05) is 33.0 Å². The first-order valence-corrected chi connectivity index (χ1v) is 21.2. The molecule has 0 aromatic rings. The molecule has 0 amide bonds. The van der Waals surface area contributed by atoms with Gasteiger partial charge in [0.05, 0.1) is 26.4 Å². The number of esters is 1. The molecule has 0 spiro atoms. The van der Waals surface area contributed by atoms with Crippen LogP contribution in [0.25, 0.3) is 0 Å². The smallest absolute Gasteiger partial charge is 0.457 e. The van der Waals surface area contributed by atoms with E-state index < -0.39 is 39.2 Å². The van der Waals surface area contributed by atoms with Gasteiger partial charge in [-0.3, -0.25) is 13.8 Å². The van der Waals surface area contributed by atoms with Crippen molar-refractivity contribution >= 4 is 13.8 Å². The van der Waals surface area contributed by atoms with Gasteiger partial charge in [0.25, 0.3) is 0 Å². The van der Waals surface area contributed by atoms with Crippen molar-refractivity contribution in [3.05, 3.63) is 12.2 Å². The van der Waals surface area contributed by atoms with Gasteiger partial charge in [-0.1, -0.05) is 148 Å². The highest BCUT2D eigenvalue weighted by atomic mass is 31.2. The number of unbranched alkanes of at least 4 members (excludes halogenated alkanes) is 22. The fraction of sp³-hybridized carbons (Fsp3) is 0.921. The number of phosphoric acid groups is 1. The van der Waals surface area contributed by atoms with Crippen LogP contribution in [0.2, 0.25) is 0 Å². The maximum absolute atomic E-state index is 12.5. The van der Waals surface area contributed by atoms with Gasteiger partial charge in [-0.2, -0.15) is 0 Å². The molecule has 0 bridgehead atoms. The molecule has 0 rings (SSSR count). The SMILES string of the molecule is CCCCC/C=C\CCCCCCCC(=O)OC(COCCCCCCCCCCCCCCCCC)COP(=O)(O)OCC(O)CO. The normalized spacial score (nSPS) is 14.4. The average molecular weight is 707 g/mol. The summed E-state index contributed by atoms with van der Waals surface area (Å²) in [5.74, 6) is -0.390. The number of aliphatic hydroxyl groups is 2. The third kappa shape index (κ3) is 35.0. The first kappa shape index (κ1) is 47.2. The van der Waals surface area contributed by atoms with E-state index in [2.05, 4.69) is 26.0 Å². The second kappa shape index (κ2) is 36.0. The molecule has 0 saturated heterocycles. The molecule has 3 unspecified atom stereocenters. The van der Waals surface area contributed by atoms with Crippen LogP contribution < -0.4 is 0 Å². The monoisotopic (exact) mass is 707 g/mol. The Morgan fingerprint density at radius 2 is 1.06 bits per heavy atom. The van der Waals surface area contributed by atoms with E-state index in [0.717, 1.165) is 51.4 Å². The zero-order valence-electron chi connectivity index (χ0n) is 31.0. The van der Waals surface area contributed by atoms with Gasteiger partial charge in [-0.25, -0.2) is 4.57 Å². The molecular formula is C38H75O9P. The van der Waals surface area contributed by atoms with Gasteiger partial charge in [0.2, 0.25) is 0 Å². The molecular weight excluding hydrogens is 631 g/mol. The quantitative estimate of drug-likeness (QED) is 0.0248. The third-order valence-corrected chi connectivity index (χ3v) is 9.40. The van der Waals surface area contributed by atoms with E-state index in [0.29, 0.717) is 6.61 Å². The lowest BCUT2D eigenvalue weighted by Gasteiger charge is -2.20. The van der Waals surface area contributed by atoms with Crippen LogP contribution in [-0.2, 0) is 27.9 Å². The van der Waals surface area contributed by atoms with Gasteiger partial charge in [-0.05, 0) is 38.5 Å². The minimum atomic E-state index is -4.51. The zero-order chi connectivity index (χ0) is 35.4. The second-order valence-corrected chi connectivity index (χ2v) is 14.8. The van der Waals surface area contributed by atoms with Crippen LogP contribution in [0.4, 0.5) is 0 Å². The van der Waals surface area contributed by atoms with E-state index in [-0.39, 0.29) is 19.6 Å². The summed E-state index contributed by atoms with van der Waals surface area (Å²) < 4.78 is 33.2. The fourth-order valence-electron chi connectivity index (χ4n) is 5.41. The van der Waals surface area contributed by atoms with Gasteiger partial charge < -0.3 is 24.6 Å². The van der Waals surface area contributed by atoms with Crippen molar-refractivity contribution in [3.63, 3.8) is 0 Å². The van der Waals surface area contributed by atoms with Crippen molar-refractivity contribution in [2.45, 2.75) is 193 Å². The van der Waals surface area contributed by atoms with Crippen LogP contribution in [0.1, 0.15) is 181 Å².